The molecule has 0 aromatic heterocycles. The molecule has 5 heteroatoms. The van der Waals surface area contributed by atoms with Crippen LogP contribution in [0.1, 0.15) is 48.5 Å². The van der Waals surface area contributed by atoms with Gasteiger partial charge >= 0.3 is 0 Å². The highest BCUT2D eigenvalue weighted by atomic mass is 16.6. The average Bonchev–Trinajstić information content (AvgIpc) is 3.39. The first kappa shape index (κ1) is 19.9. The molecule has 5 nitrogen and oxygen atoms in total. The molecule has 142 valence electrons. The van der Waals surface area contributed by atoms with Crippen molar-refractivity contribution in [2.75, 3.05) is 19.8 Å². The monoisotopic (exact) mass is 352 g/mol. The van der Waals surface area contributed by atoms with E-state index < -0.39 is 0 Å². The van der Waals surface area contributed by atoms with Gasteiger partial charge in [-0.05, 0) is 34.6 Å². The highest BCUT2D eigenvalue weighted by Crippen LogP contribution is 2.38. The van der Waals surface area contributed by atoms with Gasteiger partial charge in [0.15, 0.2) is 0 Å². The zero-order chi connectivity index (χ0) is 18.7. The fourth-order valence-electron chi connectivity index (χ4n) is 2.44. The Morgan fingerprint density at radius 2 is 1.08 bits per heavy atom. The van der Waals surface area contributed by atoms with E-state index in [1.165, 1.54) is 0 Å². The van der Waals surface area contributed by atoms with E-state index >= 15 is 0 Å². The summed E-state index contributed by atoms with van der Waals surface area (Å²) >= 11 is 0. The van der Waals surface area contributed by atoms with Crippen LogP contribution < -0.4 is 14.2 Å². The highest BCUT2D eigenvalue weighted by Gasteiger charge is 2.49. The average molecular weight is 352 g/mol. The Hall–Kier alpha value is -1.46. The van der Waals surface area contributed by atoms with Crippen LogP contribution in [0.25, 0.3) is 0 Å². The van der Waals surface area contributed by atoms with Crippen molar-refractivity contribution in [3.8, 4) is 17.2 Å². The Balaban J connectivity index is 0.00000109. The second-order valence-electron chi connectivity index (χ2n) is 7.12. The Labute approximate surface area is 151 Å². The number of hydrogen-bond donors (Lipinski definition) is 0. The van der Waals surface area contributed by atoms with Crippen molar-refractivity contribution in [1.29, 1.82) is 0 Å². The molecule has 0 amide bonds. The molecule has 0 saturated carbocycles. The van der Waals surface area contributed by atoms with Gasteiger partial charge in [-0.15, -0.1) is 0 Å². The molecule has 0 spiro atoms. The number of epoxide rings is 2. The Kier molecular flexibility index (Phi) is 6.22. The summed E-state index contributed by atoms with van der Waals surface area (Å²) in [5, 5.41) is 0. The summed E-state index contributed by atoms with van der Waals surface area (Å²) in [6, 6.07) is 5.64. The van der Waals surface area contributed by atoms with E-state index in [4.69, 9.17) is 23.7 Å². The molecule has 2 fully saturated rings. The molecule has 0 bridgehead atoms. The van der Waals surface area contributed by atoms with Crippen LogP contribution in [0, 0.1) is 0 Å². The molecular formula is C20H32O5. The van der Waals surface area contributed by atoms with Gasteiger partial charge in [-0.1, -0.05) is 13.8 Å². The second-order valence-corrected chi connectivity index (χ2v) is 7.12. The first-order valence-corrected chi connectivity index (χ1v) is 9.19. The molecule has 2 aliphatic heterocycles. The van der Waals surface area contributed by atoms with Gasteiger partial charge in [0.05, 0.1) is 17.8 Å². The van der Waals surface area contributed by atoms with Gasteiger partial charge in [-0.25, -0.2) is 0 Å². The summed E-state index contributed by atoms with van der Waals surface area (Å²) in [6.45, 7) is 15.8. The van der Waals surface area contributed by atoms with Crippen molar-refractivity contribution >= 4 is 0 Å². The molecule has 2 aliphatic rings. The van der Waals surface area contributed by atoms with Crippen LogP contribution in [-0.4, -0.2) is 43.2 Å². The molecule has 2 saturated heterocycles. The number of rotatable bonds is 8. The highest BCUT2D eigenvalue weighted by molar-refractivity contribution is 5.42. The Morgan fingerprint density at radius 1 is 0.760 bits per heavy atom. The first-order valence-electron chi connectivity index (χ1n) is 9.19. The summed E-state index contributed by atoms with van der Waals surface area (Å²) < 4.78 is 28.4. The molecule has 1 aromatic rings. The fraction of sp³-hybridized carbons (Fsp3) is 0.700. The van der Waals surface area contributed by atoms with Crippen molar-refractivity contribution in [2.24, 2.45) is 0 Å². The van der Waals surface area contributed by atoms with E-state index in [-0.39, 0.29) is 23.4 Å². The smallest absolute Gasteiger partial charge is 0.126 e. The molecule has 2 unspecified atom stereocenters. The van der Waals surface area contributed by atoms with Gasteiger partial charge in [0.2, 0.25) is 0 Å². The predicted molar refractivity (Wildman–Crippen MR) is 97.9 cm³/mol. The topological polar surface area (TPSA) is 52.8 Å². The maximum Gasteiger partial charge on any atom is 0.126 e. The van der Waals surface area contributed by atoms with Crippen LogP contribution in [0.3, 0.4) is 0 Å². The van der Waals surface area contributed by atoms with Gasteiger partial charge in [0.1, 0.15) is 42.7 Å². The third-order valence-electron chi connectivity index (χ3n) is 4.30. The zero-order valence-electron chi connectivity index (χ0n) is 16.5. The number of benzene rings is 1. The van der Waals surface area contributed by atoms with Gasteiger partial charge in [-0.3, -0.25) is 0 Å². The Morgan fingerprint density at radius 3 is 1.36 bits per heavy atom. The lowest BCUT2D eigenvalue weighted by Gasteiger charge is -2.12. The maximum atomic E-state index is 5.84. The molecule has 2 atom stereocenters. The lowest BCUT2D eigenvalue weighted by molar-refractivity contribution is 0.243. The van der Waals surface area contributed by atoms with Crippen molar-refractivity contribution < 1.29 is 23.7 Å². The van der Waals surface area contributed by atoms with E-state index in [9.17, 15) is 0 Å². The molecule has 1 aromatic carbocycles. The minimum atomic E-state index is -0.0776. The summed E-state index contributed by atoms with van der Waals surface area (Å²) in [4.78, 5) is 0. The summed E-state index contributed by atoms with van der Waals surface area (Å²) in [5.74, 6) is 2.20. The van der Waals surface area contributed by atoms with E-state index in [1.54, 1.807) is 0 Å². The van der Waals surface area contributed by atoms with Crippen LogP contribution in [-0.2, 0) is 9.47 Å². The minimum absolute atomic E-state index is 0.0776. The zero-order valence-corrected chi connectivity index (χ0v) is 16.5. The third kappa shape index (κ3) is 5.51. The van der Waals surface area contributed by atoms with Gasteiger partial charge in [-0.2, -0.15) is 0 Å². The normalized spacial score (nSPS) is 24.6. The van der Waals surface area contributed by atoms with Crippen LogP contribution in [0.2, 0.25) is 0 Å². The number of hydrogen-bond acceptors (Lipinski definition) is 5. The molecule has 25 heavy (non-hydrogen) atoms. The van der Waals surface area contributed by atoms with Gasteiger partial charge < -0.3 is 23.7 Å². The largest absolute Gasteiger partial charge is 0.494 e. The van der Waals surface area contributed by atoms with Crippen LogP contribution >= 0.6 is 0 Å². The van der Waals surface area contributed by atoms with E-state index in [2.05, 4.69) is 27.7 Å². The summed E-state index contributed by atoms with van der Waals surface area (Å²) in [5.41, 5.74) is -0.155. The molecule has 0 radical (unpaired) electrons. The SMILES string of the molecule is CC.CCOc1cc(OCC2OC2(C)C)cc(OCC2OC2(C)C)c1. The lowest BCUT2D eigenvalue weighted by atomic mass is 10.1. The van der Waals surface area contributed by atoms with Crippen LogP contribution in [0.15, 0.2) is 18.2 Å². The standard InChI is InChI=1S/C18H26O5.C2H6/c1-6-19-12-7-13(20-10-15-17(2,3)22-15)9-14(8-12)21-11-16-18(4,5)23-16;1-2/h7-9,15-16H,6,10-11H2,1-5H3;1-2H3. The van der Waals surface area contributed by atoms with Crippen molar-refractivity contribution in [3.05, 3.63) is 18.2 Å². The minimum Gasteiger partial charge on any atom is -0.494 e. The Bertz CT molecular complexity index is 523. The van der Waals surface area contributed by atoms with Crippen molar-refractivity contribution in [2.45, 2.75) is 71.9 Å². The van der Waals surface area contributed by atoms with E-state index in [0.29, 0.717) is 19.8 Å². The van der Waals surface area contributed by atoms with Crippen LogP contribution in [0.5, 0.6) is 17.2 Å². The van der Waals surface area contributed by atoms with Crippen molar-refractivity contribution in [1.82, 2.24) is 0 Å². The molecule has 3 rings (SSSR count). The maximum absolute atomic E-state index is 5.84. The molecule has 2 heterocycles. The third-order valence-corrected chi connectivity index (χ3v) is 4.30. The summed E-state index contributed by atoms with van der Waals surface area (Å²) in [7, 11) is 0. The van der Waals surface area contributed by atoms with E-state index in [0.717, 1.165) is 17.2 Å². The first-order chi connectivity index (χ1) is 11.8. The van der Waals surface area contributed by atoms with Crippen molar-refractivity contribution in [3.63, 3.8) is 0 Å². The predicted octanol–water partition coefficient (Wildman–Crippen LogP) is 4.22. The molecule has 0 aliphatic carbocycles. The van der Waals surface area contributed by atoms with Crippen LogP contribution in [0.4, 0.5) is 0 Å². The van der Waals surface area contributed by atoms with Gasteiger partial charge in [0, 0.05) is 18.2 Å². The molecular weight excluding hydrogens is 320 g/mol. The number of ether oxygens (including phenoxy) is 5. The second kappa shape index (κ2) is 7.83. The fourth-order valence-corrected chi connectivity index (χ4v) is 2.44. The molecule has 0 N–H and O–H groups in total. The lowest BCUT2D eigenvalue weighted by Crippen LogP contribution is -2.13. The van der Waals surface area contributed by atoms with Gasteiger partial charge in [0.25, 0.3) is 0 Å². The summed E-state index contributed by atoms with van der Waals surface area (Å²) in [6.07, 6.45) is 0.284. The quantitative estimate of drug-likeness (QED) is 0.656. The van der Waals surface area contributed by atoms with E-state index in [1.807, 2.05) is 39.0 Å².